The molecular weight excluding hydrogens is 221 g/mol. The van der Waals surface area contributed by atoms with Crippen molar-refractivity contribution in [1.82, 2.24) is 0 Å². The summed E-state index contributed by atoms with van der Waals surface area (Å²) in [6.07, 6.45) is -2.72. The summed E-state index contributed by atoms with van der Waals surface area (Å²) < 4.78 is 42.6. The summed E-state index contributed by atoms with van der Waals surface area (Å²) in [6.45, 7) is 1.11. The van der Waals surface area contributed by atoms with Crippen LogP contribution in [0.5, 0.6) is 0 Å². The van der Waals surface area contributed by atoms with Crippen LogP contribution >= 0.6 is 0 Å². The maximum atomic E-state index is 12.5. The van der Waals surface area contributed by atoms with E-state index < -0.39 is 17.7 Å². The second-order valence-corrected chi connectivity index (χ2v) is 4.98. The molecule has 1 aliphatic heterocycles. The molecular formula is C11H17F3O2. The fourth-order valence-corrected chi connectivity index (χ4v) is 2.81. The van der Waals surface area contributed by atoms with E-state index >= 15 is 0 Å². The number of halogens is 3. The monoisotopic (exact) mass is 238 g/mol. The molecule has 1 atom stereocenters. The third-order valence-corrected chi connectivity index (χ3v) is 4.00. The van der Waals surface area contributed by atoms with Crippen molar-refractivity contribution in [2.75, 3.05) is 13.2 Å². The maximum absolute atomic E-state index is 12.5. The van der Waals surface area contributed by atoms with Crippen LogP contribution in [0, 0.1) is 11.8 Å². The molecule has 0 radical (unpaired) electrons. The highest BCUT2D eigenvalue weighted by atomic mass is 19.4. The number of hydrogen-bond acceptors (Lipinski definition) is 2. The smallest absolute Gasteiger partial charge is 0.390 e. The summed E-state index contributed by atoms with van der Waals surface area (Å²) in [4.78, 5) is 0. The summed E-state index contributed by atoms with van der Waals surface area (Å²) in [5, 5.41) is 10.3. The lowest BCUT2D eigenvalue weighted by Crippen LogP contribution is -2.44. The minimum absolute atomic E-state index is 0.0293. The summed E-state index contributed by atoms with van der Waals surface area (Å²) in [5.74, 6) is -1.20. The van der Waals surface area contributed by atoms with E-state index in [-0.39, 0.29) is 31.6 Å². The van der Waals surface area contributed by atoms with Crippen molar-refractivity contribution in [3.8, 4) is 0 Å². The van der Waals surface area contributed by atoms with E-state index in [0.29, 0.717) is 13.2 Å². The van der Waals surface area contributed by atoms with Crippen LogP contribution in [0.2, 0.25) is 0 Å². The van der Waals surface area contributed by atoms with Gasteiger partial charge in [-0.3, -0.25) is 0 Å². The number of ether oxygens (including phenoxy) is 1. The third-order valence-electron chi connectivity index (χ3n) is 4.00. The van der Waals surface area contributed by atoms with Crippen molar-refractivity contribution >= 4 is 0 Å². The maximum Gasteiger partial charge on any atom is 0.391 e. The molecule has 0 amide bonds. The molecule has 94 valence electrons. The Balaban J connectivity index is 1.93. The first-order valence-corrected chi connectivity index (χ1v) is 5.79. The molecule has 2 rings (SSSR count). The molecule has 1 saturated heterocycles. The van der Waals surface area contributed by atoms with Gasteiger partial charge >= 0.3 is 6.18 Å². The lowest BCUT2D eigenvalue weighted by molar-refractivity contribution is -0.196. The first-order valence-electron chi connectivity index (χ1n) is 5.79. The van der Waals surface area contributed by atoms with Gasteiger partial charge in [-0.1, -0.05) is 0 Å². The second-order valence-electron chi connectivity index (χ2n) is 4.98. The zero-order chi connectivity index (χ0) is 11.8. The molecule has 1 saturated carbocycles. The fraction of sp³-hybridized carbons (Fsp3) is 1.00. The minimum Gasteiger partial charge on any atom is -0.390 e. The predicted molar refractivity (Wildman–Crippen MR) is 51.9 cm³/mol. The molecule has 0 aromatic heterocycles. The highest BCUT2D eigenvalue weighted by Gasteiger charge is 2.48. The van der Waals surface area contributed by atoms with E-state index in [0.717, 1.165) is 6.42 Å². The zero-order valence-electron chi connectivity index (χ0n) is 9.09. The molecule has 1 aliphatic carbocycles. The van der Waals surface area contributed by atoms with Crippen LogP contribution in [-0.4, -0.2) is 30.1 Å². The van der Waals surface area contributed by atoms with Crippen molar-refractivity contribution in [2.24, 2.45) is 11.8 Å². The van der Waals surface area contributed by atoms with Crippen LogP contribution in [0.25, 0.3) is 0 Å². The van der Waals surface area contributed by atoms with Crippen LogP contribution in [0.3, 0.4) is 0 Å². The Morgan fingerprint density at radius 1 is 1.12 bits per heavy atom. The highest BCUT2D eigenvalue weighted by molar-refractivity contribution is 4.93. The zero-order valence-corrected chi connectivity index (χ0v) is 9.09. The fourth-order valence-electron chi connectivity index (χ4n) is 2.81. The predicted octanol–water partition coefficient (Wildman–Crippen LogP) is 2.51. The second kappa shape index (κ2) is 4.18. The number of hydrogen-bond donors (Lipinski definition) is 1. The third kappa shape index (κ3) is 2.35. The van der Waals surface area contributed by atoms with Gasteiger partial charge in [-0.25, -0.2) is 0 Å². The van der Waals surface area contributed by atoms with Crippen molar-refractivity contribution in [2.45, 2.75) is 43.9 Å². The molecule has 1 unspecified atom stereocenters. The Bertz CT molecular complexity index is 238. The van der Waals surface area contributed by atoms with Gasteiger partial charge in [0.25, 0.3) is 0 Å². The van der Waals surface area contributed by atoms with Gasteiger partial charge < -0.3 is 9.84 Å². The molecule has 1 N–H and O–H groups in total. The van der Waals surface area contributed by atoms with Gasteiger partial charge in [-0.15, -0.1) is 0 Å². The van der Waals surface area contributed by atoms with Gasteiger partial charge in [-0.05, 0) is 32.1 Å². The number of aliphatic hydroxyl groups is 1. The molecule has 2 aliphatic rings. The van der Waals surface area contributed by atoms with Crippen LogP contribution in [0.4, 0.5) is 13.2 Å². The van der Waals surface area contributed by atoms with Gasteiger partial charge in [0, 0.05) is 12.5 Å². The lowest BCUT2D eigenvalue weighted by Gasteiger charge is -2.40. The van der Waals surface area contributed by atoms with Gasteiger partial charge in [0.2, 0.25) is 0 Å². The van der Waals surface area contributed by atoms with Crippen molar-refractivity contribution < 1.29 is 23.0 Å². The topological polar surface area (TPSA) is 29.5 Å². The van der Waals surface area contributed by atoms with E-state index in [9.17, 15) is 18.3 Å². The van der Waals surface area contributed by atoms with E-state index in [1.165, 1.54) is 0 Å². The summed E-state index contributed by atoms with van der Waals surface area (Å²) in [5.41, 5.74) is -0.918. The van der Waals surface area contributed by atoms with Crippen molar-refractivity contribution in [3.63, 3.8) is 0 Å². The summed E-state index contributed by atoms with van der Waals surface area (Å²) in [7, 11) is 0. The normalized spacial score (nSPS) is 41.2. The average molecular weight is 238 g/mol. The largest absolute Gasteiger partial charge is 0.391 e. The Morgan fingerprint density at radius 3 is 2.19 bits per heavy atom. The standard InChI is InChI=1S/C11H17F3O2/c12-11(13,14)8-1-4-10(15,5-2-8)9-3-6-16-7-9/h8-9,15H,1-7H2. The summed E-state index contributed by atoms with van der Waals surface area (Å²) in [6, 6.07) is 0. The van der Waals surface area contributed by atoms with Gasteiger partial charge in [0.05, 0.1) is 18.1 Å². The SMILES string of the molecule is OC1(C2CCOC2)CCC(C(F)(F)F)CC1. The quantitative estimate of drug-likeness (QED) is 0.760. The molecule has 1 heterocycles. The van der Waals surface area contributed by atoms with E-state index in [4.69, 9.17) is 4.74 Å². The van der Waals surface area contributed by atoms with Crippen molar-refractivity contribution in [1.29, 1.82) is 0 Å². The van der Waals surface area contributed by atoms with Crippen LogP contribution in [-0.2, 0) is 4.74 Å². The van der Waals surface area contributed by atoms with Crippen LogP contribution in [0.1, 0.15) is 32.1 Å². The van der Waals surface area contributed by atoms with Gasteiger partial charge in [0.15, 0.2) is 0 Å². The van der Waals surface area contributed by atoms with Gasteiger partial charge in [-0.2, -0.15) is 13.2 Å². The van der Waals surface area contributed by atoms with Crippen molar-refractivity contribution in [3.05, 3.63) is 0 Å². The average Bonchev–Trinajstić information content (AvgIpc) is 2.70. The van der Waals surface area contributed by atoms with E-state index in [1.54, 1.807) is 0 Å². The Morgan fingerprint density at radius 2 is 1.75 bits per heavy atom. The Labute approximate surface area is 92.8 Å². The molecule has 2 fully saturated rings. The van der Waals surface area contributed by atoms with Crippen LogP contribution < -0.4 is 0 Å². The molecule has 0 aromatic rings. The molecule has 0 aromatic carbocycles. The van der Waals surface area contributed by atoms with Crippen LogP contribution in [0.15, 0.2) is 0 Å². The summed E-state index contributed by atoms with van der Waals surface area (Å²) >= 11 is 0. The van der Waals surface area contributed by atoms with Gasteiger partial charge in [0.1, 0.15) is 0 Å². The number of alkyl halides is 3. The molecule has 2 nitrogen and oxygen atoms in total. The molecule has 0 bridgehead atoms. The lowest BCUT2D eigenvalue weighted by atomic mass is 9.72. The molecule has 0 spiro atoms. The molecule has 16 heavy (non-hydrogen) atoms. The minimum atomic E-state index is -4.10. The molecule has 5 heteroatoms. The Kier molecular flexibility index (Phi) is 3.18. The first-order chi connectivity index (χ1) is 7.42. The van der Waals surface area contributed by atoms with E-state index in [1.807, 2.05) is 0 Å². The van der Waals surface area contributed by atoms with E-state index in [2.05, 4.69) is 0 Å². The highest BCUT2D eigenvalue weighted by Crippen LogP contribution is 2.45. The number of rotatable bonds is 1. The Hall–Kier alpha value is -0.290. The first kappa shape index (κ1) is 12.2.